The molecule has 0 aromatic heterocycles. The lowest BCUT2D eigenvalue weighted by atomic mass is 9.81. The first-order valence-electron chi connectivity index (χ1n) is 11.4. The van der Waals surface area contributed by atoms with Crippen molar-refractivity contribution in [1.82, 2.24) is 5.32 Å². The molecule has 2 atom stereocenters. The molecule has 1 aliphatic rings. The Balaban J connectivity index is 0.000000717. The van der Waals surface area contributed by atoms with E-state index in [1.165, 1.54) is 12.7 Å². The number of hydrogen-bond donors (Lipinski definition) is 3. The van der Waals surface area contributed by atoms with Gasteiger partial charge in [-0.2, -0.15) is 0 Å². The molecule has 0 saturated heterocycles. The molecule has 0 fully saturated rings. The third-order valence-electron chi connectivity index (χ3n) is 6.00. The van der Waals surface area contributed by atoms with Crippen molar-refractivity contribution in [1.29, 1.82) is 0 Å². The van der Waals surface area contributed by atoms with Gasteiger partial charge in [-0.1, -0.05) is 6.07 Å². The molecule has 1 unspecified atom stereocenters. The van der Waals surface area contributed by atoms with Crippen LogP contribution in [0.25, 0.3) is 0 Å². The van der Waals surface area contributed by atoms with Crippen molar-refractivity contribution in [3.63, 3.8) is 0 Å². The van der Waals surface area contributed by atoms with Gasteiger partial charge in [0.25, 0.3) is 0 Å². The van der Waals surface area contributed by atoms with Crippen molar-refractivity contribution in [3.05, 3.63) is 47.0 Å². The number of aliphatic carboxylic acids is 2. The summed E-state index contributed by atoms with van der Waals surface area (Å²) in [5.41, 5.74) is 3.38. The molecule has 2 aromatic rings. The number of fused-ring (bicyclic) bond motifs is 1. The monoisotopic (exact) mass is 519 g/mol. The van der Waals surface area contributed by atoms with Gasteiger partial charge in [-0.05, 0) is 66.3 Å². The van der Waals surface area contributed by atoms with Gasteiger partial charge in [-0.3, -0.25) is 4.79 Å². The van der Waals surface area contributed by atoms with Crippen LogP contribution in [0.15, 0.2) is 30.3 Å². The van der Waals surface area contributed by atoms with Gasteiger partial charge in [0.2, 0.25) is 0 Å². The maximum absolute atomic E-state index is 12.3. The van der Waals surface area contributed by atoms with Crippen molar-refractivity contribution >= 4 is 17.9 Å². The first kappa shape index (κ1) is 29.2. The van der Waals surface area contributed by atoms with Gasteiger partial charge in [0.15, 0.2) is 23.0 Å². The number of carboxylic acid groups (broad SMARTS) is 2. The standard InChI is InChI=1S/C24H31NO6.C2H2O4/c1-27-19-7-6-15(11-20(19)28-2)10-17(13-23(26)31-5)24-18-14-22(30-4)21(29-3)12-16(18)8-9-25-24;3-1(4)2(5)6/h6-7,11-12,14,17,24-25H,8-10,13H2,1-5H3;(H,3,4)(H,5,6)/t17?,24-;/m1./s1. The zero-order valence-electron chi connectivity index (χ0n) is 21.5. The van der Waals surface area contributed by atoms with E-state index in [0.717, 1.165) is 24.1 Å². The number of ether oxygens (including phenoxy) is 5. The smallest absolute Gasteiger partial charge is 0.414 e. The lowest BCUT2D eigenvalue weighted by Crippen LogP contribution is -2.36. The second-order valence-electron chi connectivity index (χ2n) is 8.13. The van der Waals surface area contributed by atoms with Crippen molar-refractivity contribution in [2.24, 2.45) is 5.92 Å². The van der Waals surface area contributed by atoms with Crippen LogP contribution in [0.3, 0.4) is 0 Å². The highest BCUT2D eigenvalue weighted by atomic mass is 16.5. The van der Waals surface area contributed by atoms with Crippen LogP contribution in [0.4, 0.5) is 0 Å². The molecule has 1 heterocycles. The Morgan fingerprint density at radius 1 is 0.865 bits per heavy atom. The van der Waals surface area contributed by atoms with E-state index in [9.17, 15) is 4.79 Å². The Bertz CT molecular complexity index is 1090. The minimum Gasteiger partial charge on any atom is -0.493 e. The highest BCUT2D eigenvalue weighted by molar-refractivity contribution is 6.27. The minimum atomic E-state index is -1.82. The van der Waals surface area contributed by atoms with Crippen LogP contribution in [0.5, 0.6) is 23.0 Å². The maximum atomic E-state index is 12.3. The number of carbonyl (C=O) groups is 3. The van der Waals surface area contributed by atoms with Gasteiger partial charge in [0, 0.05) is 6.04 Å². The summed E-state index contributed by atoms with van der Waals surface area (Å²) in [6.45, 7) is 0.816. The number of methoxy groups -OCH3 is 5. The largest absolute Gasteiger partial charge is 0.493 e. The molecular weight excluding hydrogens is 486 g/mol. The number of nitrogens with one attached hydrogen (secondary N) is 1. The molecular formula is C26H33NO10. The molecule has 3 N–H and O–H groups in total. The Morgan fingerprint density at radius 2 is 1.43 bits per heavy atom. The fourth-order valence-corrected chi connectivity index (χ4v) is 4.25. The topological polar surface area (TPSA) is 150 Å². The van der Waals surface area contributed by atoms with Crippen LogP contribution in [0, 0.1) is 5.92 Å². The summed E-state index contributed by atoms with van der Waals surface area (Å²) in [5, 5.41) is 18.4. The van der Waals surface area contributed by atoms with Crippen LogP contribution in [0.2, 0.25) is 0 Å². The second-order valence-corrected chi connectivity index (χ2v) is 8.13. The average molecular weight is 520 g/mol. The summed E-state index contributed by atoms with van der Waals surface area (Å²) in [7, 11) is 7.92. The van der Waals surface area contributed by atoms with Gasteiger partial charge in [-0.15, -0.1) is 0 Å². The average Bonchev–Trinajstić information content (AvgIpc) is 2.91. The number of benzene rings is 2. The minimum absolute atomic E-state index is 0.0253. The van der Waals surface area contributed by atoms with Gasteiger partial charge >= 0.3 is 17.9 Å². The molecule has 0 amide bonds. The predicted molar refractivity (Wildman–Crippen MR) is 133 cm³/mol. The lowest BCUT2D eigenvalue weighted by molar-refractivity contribution is -0.159. The van der Waals surface area contributed by atoms with E-state index in [-0.39, 0.29) is 24.3 Å². The summed E-state index contributed by atoms with van der Waals surface area (Å²) in [4.78, 5) is 30.5. The Kier molecular flexibility index (Phi) is 11.0. The summed E-state index contributed by atoms with van der Waals surface area (Å²) in [6.07, 6.45) is 1.84. The maximum Gasteiger partial charge on any atom is 0.414 e. The molecule has 0 aliphatic carbocycles. The molecule has 3 rings (SSSR count). The van der Waals surface area contributed by atoms with Crippen LogP contribution >= 0.6 is 0 Å². The van der Waals surface area contributed by atoms with E-state index in [1.807, 2.05) is 30.3 Å². The molecule has 37 heavy (non-hydrogen) atoms. The van der Waals surface area contributed by atoms with Crippen molar-refractivity contribution < 1.29 is 48.3 Å². The van der Waals surface area contributed by atoms with Gasteiger partial charge in [0.05, 0.1) is 42.0 Å². The Morgan fingerprint density at radius 3 is 1.97 bits per heavy atom. The lowest BCUT2D eigenvalue weighted by Gasteiger charge is -2.34. The van der Waals surface area contributed by atoms with E-state index in [4.69, 9.17) is 43.5 Å². The normalized spacial score (nSPS) is 14.7. The third-order valence-corrected chi connectivity index (χ3v) is 6.00. The Hall–Kier alpha value is -3.99. The van der Waals surface area contributed by atoms with E-state index < -0.39 is 11.9 Å². The van der Waals surface area contributed by atoms with Crippen molar-refractivity contribution in [2.75, 3.05) is 42.1 Å². The Labute approximate surface area is 215 Å². The molecule has 11 heteroatoms. The molecule has 0 bridgehead atoms. The quantitative estimate of drug-likeness (QED) is 0.331. The van der Waals surface area contributed by atoms with Crippen LogP contribution in [-0.4, -0.2) is 70.2 Å². The zero-order valence-corrected chi connectivity index (χ0v) is 21.5. The number of hydrogen-bond acceptors (Lipinski definition) is 9. The highest BCUT2D eigenvalue weighted by Crippen LogP contribution is 2.40. The molecule has 2 aromatic carbocycles. The summed E-state index contributed by atoms with van der Waals surface area (Å²) < 4.78 is 26.8. The van der Waals surface area contributed by atoms with Crippen LogP contribution in [0.1, 0.15) is 29.2 Å². The molecule has 202 valence electrons. The zero-order chi connectivity index (χ0) is 27.5. The van der Waals surface area contributed by atoms with E-state index in [1.54, 1.807) is 28.4 Å². The highest BCUT2D eigenvalue weighted by Gasteiger charge is 2.31. The van der Waals surface area contributed by atoms with E-state index >= 15 is 0 Å². The summed E-state index contributed by atoms with van der Waals surface area (Å²) >= 11 is 0. The van der Waals surface area contributed by atoms with Crippen LogP contribution < -0.4 is 24.3 Å². The third kappa shape index (κ3) is 7.74. The molecule has 11 nitrogen and oxygen atoms in total. The first-order valence-corrected chi connectivity index (χ1v) is 11.4. The molecule has 0 saturated carbocycles. The number of esters is 1. The predicted octanol–water partition coefficient (Wildman–Crippen LogP) is 2.49. The second kappa shape index (κ2) is 13.9. The van der Waals surface area contributed by atoms with Gasteiger partial charge in [-0.25, -0.2) is 9.59 Å². The molecule has 1 aliphatic heterocycles. The number of carboxylic acids is 2. The molecule has 0 spiro atoms. The molecule has 0 radical (unpaired) electrons. The van der Waals surface area contributed by atoms with Crippen LogP contribution in [-0.2, 0) is 32.0 Å². The first-order chi connectivity index (χ1) is 17.7. The SMILES string of the molecule is COC(=O)CC(Cc1ccc(OC)c(OC)c1)[C@H]1NCCc2cc(OC)c(OC)cc21.O=C(O)C(=O)O. The number of rotatable bonds is 9. The van der Waals surface area contributed by atoms with E-state index in [0.29, 0.717) is 29.4 Å². The van der Waals surface area contributed by atoms with Crippen molar-refractivity contribution in [2.45, 2.75) is 25.3 Å². The summed E-state index contributed by atoms with van der Waals surface area (Å²) in [6, 6.07) is 9.87. The fraction of sp³-hybridized carbons (Fsp3) is 0.423. The number of carbonyl (C=O) groups excluding carboxylic acids is 1. The van der Waals surface area contributed by atoms with Crippen molar-refractivity contribution in [3.8, 4) is 23.0 Å². The summed E-state index contributed by atoms with van der Waals surface area (Å²) in [5.74, 6) is -1.18. The van der Waals surface area contributed by atoms with Gasteiger partial charge in [0.1, 0.15) is 0 Å². The van der Waals surface area contributed by atoms with Gasteiger partial charge < -0.3 is 39.2 Å². The van der Waals surface area contributed by atoms with E-state index in [2.05, 4.69) is 5.32 Å². The fourth-order valence-electron chi connectivity index (χ4n) is 4.25.